The van der Waals surface area contributed by atoms with Gasteiger partial charge in [-0.3, -0.25) is 0 Å². The second-order valence-corrected chi connectivity index (χ2v) is 9.01. The van der Waals surface area contributed by atoms with Crippen LogP contribution in [0.25, 0.3) is 0 Å². The average Bonchev–Trinajstić information content (AvgIpc) is 2.83. The predicted molar refractivity (Wildman–Crippen MR) is 86.0 cm³/mol. The van der Waals surface area contributed by atoms with Crippen LogP contribution in [0.3, 0.4) is 0 Å². The Morgan fingerprint density at radius 2 is 1.90 bits per heavy atom. The summed E-state index contributed by atoms with van der Waals surface area (Å²) < 4.78 is 27.3. The fraction of sp³-hybridized carbons (Fsp3) is 0.692. The average molecular weight is 339 g/mol. The van der Waals surface area contributed by atoms with Crippen LogP contribution in [0.4, 0.5) is 0 Å². The molecule has 0 spiro atoms. The van der Waals surface area contributed by atoms with Crippen molar-refractivity contribution in [1.29, 1.82) is 0 Å². The topological polar surface area (TPSA) is 40.6 Å². The van der Waals surface area contributed by atoms with Crippen LogP contribution >= 0.6 is 22.9 Å². The van der Waals surface area contributed by atoms with Crippen molar-refractivity contribution < 1.29 is 8.42 Å². The minimum atomic E-state index is -3.41. The number of hydrogen-bond donors (Lipinski definition) is 0. The lowest BCUT2D eigenvalue weighted by Crippen LogP contribution is -2.38. The summed E-state index contributed by atoms with van der Waals surface area (Å²) in [4.78, 5) is 2.86. The summed E-state index contributed by atoms with van der Waals surface area (Å²) in [5.74, 6) is 0.640. The number of sulfonamides is 1. The van der Waals surface area contributed by atoms with Crippen LogP contribution in [0, 0.1) is 5.92 Å². The van der Waals surface area contributed by atoms with Gasteiger partial charge in [-0.15, -0.1) is 22.9 Å². The molecular formula is C13H23ClN2O2S2. The van der Waals surface area contributed by atoms with Gasteiger partial charge in [0.1, 0.15) is 4.21 Å². The Hall–Kier alpha value is -0.140. The van der Waals surface area contributed by atoms with E-state index in [0.29, 0.717) is 35.6 Å². The van der Waals surface area contributed by atoms with E-state index in [1.807, 2.05) is 32.8 Å². The number of rotatable bonds is 8. The van der Waals surface area contributed by atoms with Crippen LogP contribution in [0.2, 0.25) is 0 Å². The Kier molecular flexibility index (Phi) is 6.94. The maximum atomic E-state index is 12.7. The van der Waals surface area contributed by atoms with Crippen molar-refractivity contribution >= 4 is 33.0 Å². The lowest BCUT2D eigenvalue weighted by molar-refractivity contribution is 0.313. The zero-order valence-corrected chi connectivity index (χ0v) is 14.9. The fourth-order valence-electron chi connectivity index (χ4n) is 1.72. The van der Waals surface area contributed by atoms with Crippen molar-refractivity contribution in [1.82, 2.24) is 9.21 Å². The van der Waals surface area contributed by atoms with Gasteiger partial charge in [-0.25, -0.2) is 8.42 Å². The summed E-state index contributed by atoms with van der Waals surface area (Å²) in [5, 5.41) is 0. The van der Waals surface area contributed by atoms with Crippen LogP contribution in [-0.4, -0.2) is 51.4 Å². The van der Waals surface area contributed by atoms with Gasteiger partial charge in [-0.2, -0.15) is 4.31 Å². The Morgan fingerprint density at radius 3 is 2.35 bits per heavy atom. The maximum Gasteiger partial charge on any atom is 0.252 e. The molecule has 0 aliphatic carbocycles. The third kappa shape index (κ3) is 5.00. The smallest absolute Gasteiger partial charge is 0.252 e. The molecule has 0 saturated heterocycles. The Balaban J connectivity index is 2.96. The Labute approximate surface area is 131 Å². The molecule has 1 heterocycles. The summed E-state index contributed by atoms with van der Waals surface area (Å²) in [6.07, 6.45) is 0. The van der Waals surface area contributed by atoms with E-state index in [1.165, 1.54) is 11.3 Å². The zero-order chi connectivity index (χ0) is 15.3. The van der Waals surface area contributed by atoms with Crippen molar-refractivity contribution in [3.63, 3.8) is 0 Å². The number of likely N-dealkylation sites (N-methyl/N-ethyl adjacent to an activating group) is 1. The largest absolute Gasteiger partial charge is 0.308 e. The lowest BCUT2D eigenvalue weighted by Gasteiger charge is -2.24. The second-order valence-electron chi connectivity index (χ2n) is 5.41. The van der Waals surface area contributed by atoms with Crippen LogP contribution in [0.15, 0.2) is 16.3 Å². The van der Waals surface area contributed by atoms with Gasteiger partial charge in [0.2, 0.25) is 0 Å². The first-order valence-corrected chi connectivity index (χ1v) is 9.36. The first-order chi connectivity index (χ1) is 9.27. The Morgan fingerprint density at radius 1 is 1.25 bits per heavy atom. The molecule has 0 atom stereocenters. The molecule has 0 aromatic carbocycles. The van der Waals surface area contributed by atoms with Crippen LogP contribution in [0.1, 0.15) is 18.7 Å². The summed E-state index contributed by atoms with van der Waals surface area (Å²) in [5.41, 5.74) is 0. The third-order valence-corrected chi connectivity index (χ3v) is 6.59. The monoisotopic (exact) mass is 338 g/mol. The molecule has 116 valence electrons. The SMILES string of the molecule is CC(C)CN(CCN(C)C)S(=O)(=O)c1ccc(CCl)s1. The van der Waals surface area contributed by atoms with Crippen LogP contribution in [-0.2, 0) is 15.9 Å². The molecule has 0 amide bonds. The van der Waals surface area contributed by atoms with Crippen molar-refractivity contribution in [2.75, 3.05) is 33.7 Å². The van der Waals surface area contributed by atoms with E-state index < -0.39 is 10.0 Å². The van der Waals surface area contributed by atoms with Gasteiger partial charge in [0, 0.05) is 24.5 Å². The number of halogens is 1. The molecule has 7 heteroatoms. The number of hydrogen-bond acceptors (Lipinski definition) is 4. The molecule has 0 unspecified atom stereocenters. The predicted octanol–water partition coefficient (Wildman–Crippen LogP) is 2.70. The molecule has 1 aromatic heterocycles. The normalized spacial score (nSPS) is 12.8. The van der Waals surface area contributed by atoms with E-state index in [1.54, 1.807) is 16.4 Å². The fourth-order valence-corrected chi connectivity index (χ4v) is 4.93. The molecule has 1 rings (SSSR count). The first-order valence-electron chi connectivity index (χ1n) is 6.57. The number of alkyl halides is 1. The van der Waals surface area contributed by atoms with E-state index in [0.717, 1.165) is 4.88 Å². The first kappa shape index (κ1) is 17.9. The molecule has 0 bridgehead atoms. The molecule has 0 fully saturated rings. The summed E-state index contributed by atoms with van der Waals surface area (Å²) >= 11 is 7.01. The van der Waals surface area contributed by atoms with Crippen molar-refractivity contribution in [3.05, 3.63) is 17.0 Å². The van der Waals surface area contributed by atoms with Crippen LogP contribution in [0.5, 0.6) is 0 Å². The second kappa shape index (κ2) is 7.75. The quantitative estimate of drug-likeness (QED) is 0.684. The third-order valence-electron chi connectivity index (χ3n) is 2.73. The maximum absolute atomic E-state index is 12.7. The molecule has 0 radical (unpaired) electrons. The molecule has 20 heavy (non-hydrogen) atoms. The molecule has 4 nitrogen and oxygen atoms in total. The van der Waals surface area contributed by atoms with Gasteiger partial charge in [0.05, 0.1) is 5.88 Å². The van der Waals surface area contributed by atoms with E-state index in [2.05, 4.69) is 0 Å². The number of thiophene rings is 1. The lowest BCUT2D eigenvalue weighted by atomic mass is 10.2. The highest BCUT2D eigenvalue weighted by Gasteiger charge is 2.26. The molecule has 0 aliphatic rings. The highest BCUT2D eigenvalue weighted by Crippen LogP contribution is 2.26. The van der Waals surface area contributed by atoms with Crippen molar-refractivity contribution in [3.8, 4) is 0 Å². The van der Waals surface area contributed by atoms with E-state index in [-0.39, 0.29) is 0 Å². The highest BCUT2D eigenvalue weighted by molar-refractivity contribution is 7.91. The van der Waals surface area contributed by atoms with Crippen molar-refractivity contribution in [2.24, 2.45) is 5.92 Å². The zero-order valence-electron chi connectivity index (χ0n) is 12.5. The molecule has 0 saturated carbocycles. The van der Waals surface area contributed by atoms with Gasteiger partial charge in [0.25, 0.3) is 10.0 Å². The van der Waals surface area contributed by atoms with E-state index in [9.17, 15) is 8.42 Å². The van der Waals surface area contributed by atoms with E-state index >= 15 is 0 Å². The summed E-state index contributed by atoms with van der Waals surface area (Å²) in [7, 11) is 0.468. The van der Waals surface area contributed by atoms with Gasteiger partial charge in [0.15, 0.2) is 0 Å². The number of nitrogens with zero attached hydrogens (tertiary/aromatic N) is 2. The van der Waals surface area contributed by atoms with Gasteiger partial charge in [-0.1, -0.05) is 13.8 Å². The summed E-state index contributed by atoms with van der Waals surface area (Å²) in [6, 6.07) is 3.44. The minimum Gasteiger partial charge on any atom is -0.308 e. The Bertz CT molecular complexity index is 512. The van der Waals surface area contributed by atoms with Gasteiger partial charge in [-0.05, 0) is 32.1 Å². The van der Waals surface area contributed by atoms with Crippen LogP contribution < -0.4 is 0 Å². The van der Waals surface area contributed by atoms with Crippen molar-refractivity contribution in [2.45, 2.75) is 23.9 Å². The van der Waals surface area contributed by atoms with E-state index in [4.69, 9.17) is 11.6 Å². The molecule has 1 aromatic rings. The highest BCUT2D eigenvalue weighted by atomic mass is 35.5. The molecular weight excluding hydrogens is 316 g/mol. The summed E-state index contributed by atoms with van der Waals surface area (Å²) in [6.45, 7) is 5.79. The molecule has 0 aliphatic heterocycles. The standard InChI is InChI=1S/C13H23ClN2O2S2/c1-11(2)10-16(8-7-15(3)4)20(17,18)13-6-5-12(9-14)19-13/h5-6,11H,7-10H2,1-4H3. The van der Waals surface area contributed by atoms with Gasteiger partial charge < -0.3 is 4.90 Å². The molecule has 0 N–H and O–H groups in total. The van der Waals surface area contributed by atoms with Gasteiger partial charge >= 0.3 is 0 Å². The minimum absolute atomic E-state index is 0.291.